The lowest BCUT2D eigenvalue weighted by Crippen LogP contribution is -2.49. The molecule has 0 N–H and O–H groups in total. The molecule has 1 aromatic carbocycles. The van der Waals surface area contributed by atoms with E-state index in [0.717, 1.165) is 22.7 Å². The number of anilines is 1. The second-order valence-corrected chi connectivity index (χ2v) is 7.93. The first-order chi connectivity index (χ1) is 12.8. The van der Waals surface area contributed by atoms with E-state index in [1.54, 1.807) is 17.9 Å². The largest absolute Gasteiger partial charge is 0.363 e. The Bertz CT molecular complexity index is 1020. The maximum absolute atomic E-state index is 15.0. The Morgan fingerprint density at radius 1 is 1.37 bits per heavy atom. The molecule has 0 radical (unpaired) electrons. The van der Waals surface area contributed by atoms with E-state index >= 15 is 0 Å². The Kier molecular flexibility index (Phi) is 4.09. The first-order valence-electron chi connectivity index (χ1n) is 9.28. The number of carbonyl (C=O) groups excluding carboxylic acids is 1. The Morgan fingerprint density at radius 3 is 2.78 bits per heavy atom. The van der Waals surface area contributed by atoms with E-state index in [1.165, 1.54) is 0 Å². The van der Waals surface area contributed by atoms with Crippen LogP contribution in [0.5, 0.6) is 0 Å². The molecule has 142 valence electrons. The number of rotatable bonds is 3. The molecule has 0 saturated carbocycles. The van der Waals surface area contributed by atoms with Crippen LogP contribution in [-0.4, -0.2) is 46.0 Å². The van der Waals surface area contributed by atoms with Gasteiger partial charge < -0.3 is 14.4 Å². The van der Waals surface area contributed by atoms with Gasteiger partial charge in [-0.2, -0.15) is 0 Å². The fourth-order valence-electron chi connectivity index (χ4n) is 3.95. The molecule has 6 heteroatoms. The summed E-state index contributed by atoms with van der Waals surface area (Å²) in [4.78, 5) is 19.5. The van der Waals surface area contributed by atoms with Crippen LogP contribution in [0, 0.1) is 5.82 Å². The van der Waals surface area contributed by atoms with Gasteiger partial charge in [-0.1, -0.05) is 12.1 Å². The van der Waals surface area contributed by atoms with Crippen LogP contribution < -0.4 is 15.6 Å². The summed E-state index contributed by atoms with van der Waals surface area (Å²) in [5.41, 5.74) is 1.21. The van der Waals surface area contributed by atoms with Crippen LogP contribution in [0.25, 0.3) is 12.2 Å². The van der Waals surface area contributed by atoms with Gasteiger partial charge in [-0.3, -0.25) is 4.79 Å². The van der Waals surface area contributed by atoms with Gasteiger partial charge in [0.25, 0.3) is 0 Å². The van der Waals surface area contributed by atoms with Crippen molar-refractivity contribution in [2.45, 2.75) is 31.7 Å². The van der Waals surface area contributed by atoms with Crippen molar-refractivity contribution in [3.8, 4) is 0 Å². The van der Waals surface area contributed by atoms with Crippen molar-refractivity contribution < 1.29 is 9.18 Å². The number of carbonyl (C=O) groups is 1. The Balaban J connectivity index is 1.59. The van der Waals surface area contributed by atoms with Crippen molar-refractivity contribution >= 4 is 23.7 Å². The number of hydrogen-bond donors (Lipinski definition) is 0. The Labute approximate surface area is 158 Å². The van der Waals surface area contributed by atoms with Gasteiger partial charge in [-0.05, 0) is 37.1 Å². The molecule has 4 rings (SSSR count). The minimum atomic E-state index is -0.328. The molecule has 1 fully saturated rings. The van der Waals surface area contributed by atoms with Gasteiger partial charge in [0.15, 0.2) is 0 Å². The van der Waals surface area contributed by atoms with Gasteiger partial charge in [0.05, 0.1) is 28.3 Å². The third kappa shape index (κ3) is 2.93. The number of halogens is 1. The second-order valence-electron chi connectivity index (χ2n) is 7.93. The Morgan fingerprint density at radius 2 is 2.11 bits per heavy atom. The average Bonchev–Trinajstić information content (AvgIpc) is 2.93. The van der Waals surface area contributed by atoms with Crippen molar-refractivity contribution in [1.82, 2.24) is 14.5 Å². The van der Waals surface area contributed by atoms with Crippen LogP contribution in [-0.2, 0) is 11.8 Å². The number of nitrogens with zero attached hydrogens (tertiary/aromatic N) is 4. The van der Waals surface area contributed by atoms with Crippen LogP contribution in [0.1, 0.15) is 31.7 Å². The van der Waals surface area contributed by atoms with Crippen molar-refractivity contribution in [1.29, 1.82) is 0 Å². The molecule has 27 heavy (non-hydrogen) atoms. The highest BCUT2D eigenvalue weighted by Crippen LogP contribution is 2.33. The normalized spacial score (nSPS) is 21.7. The zero-order chi connectivity index (χ0) is 19.3. The predicted octanol–water partition coefficient (Wildman–Crippen LogP) is 1.36. The molecule has 1 amide bonds. The van der Waals surface area contributed by atoms with Gasteiger partial charge in [0.1, 0.15) is 5.82 Å². The van der Waals surface area contributed by atoms with E-state index in [9.17, 15) is 9.18 Å². The van der Waals surface area contributed by atoms with Crippen molar-refractivity contribution in [2.24, 2.45) is 7.05 Å². The van der Waals surface area contributed by atoms with Crippen molar-refractivity contribution in [2.75, 3.05) is 25.0 Å². The lowest BCUT2D eigenvalue weighted by atomic mass is 9.89. The average molecular weight is 368 g/mol. The maximum Gasteiger partial charge on any atom is 0.219 e. The molecular weight excluding hydrogens is 343 g/mol. The van der Waals surface area contributed by atoms with Crippen LogP contribution in [0.15, 0.2) is 24.5 Å². The molecule has 0 spiro atoms. The minimum Gasteiger partial charge on any atom is -0.363 e. The van der Waals surface area contributed by atoms with E-state index in [-0.39, 0.29) is 23.2 Å². The third-order valence-corrected chi connectivity index (χ3v) is 6.07. The summed E-state index contributed by atoms with van der Waals surface area (Å²) < 4.78 is 16.9. The van der Waals surface area contributed by atoms with E-state index in [4.69, 9.17) is 0 Å². The molecular formula is C21H25FN4O. The standard InChI is InChI=1S/C21H25FN4O/c1-14(27)26-11-16(12-26)15-5-6-19(17(22)9-15)25(4)21(2)8-7-18-20(10-21)24(3)13-23-18/h5-7,9-10,13,16H,8,11-12H2,1-4H3. The number of fused-ring (bicyclic) bond motifs is 1. The first kappa shape index (κ1) is 17.8. The summed E-state index contributed by atoms with van der Waals surface area (Å²) in [7, 11) is 3.91. The summed E-state index contributed by atoms with van der Waals surface area (Å²) >= 11 is 0. The van der Waals surface area contributed by atoms with Gasteiger partial charge in [-0.15, -0.1) is 0 Å². The molecule has 2 aliphatic rings. The molecule has 1 atom stereocenters. The number of benzene rings is 1. The number of aryl methyl sites for hydroxylation is 1. The fourth-order valence-corrected chi connectivity index (χ4v) is 3.95. The highest BCUT2D eigenvalue weighted by Gasteiger charge is 2.32. The zero-order valence-corrected chi connectivity index (χ0v) is 16.2. The van der Waals surface area contributed by atoms with Gasteiger partial charge in [0, 0.05) is 40.0 Å². The smallest absolute Gasteiger partial charge is 0.219 e. The first-order valence-corrected chi connectivity index (χ1v) is 9.28. The summed E-state index contributed by atoms with van der Waals surface area (Å²) in [6, 6.07) is 5.47. The molecule has 2 aromatic rings. The van der Waals surface area contributed by atoms with E-state index in [1.807, 2.05) is 42.0 Å². The van der Waals surface area contributed by atoms with Gasteiger partial charge >= 0.3 is 0 Å². The quantitative estimate of drug-likeness (QED) is 0.822. The van der Waals surface area contributed by atoms with E-state index in [0.29, 0.717) is 18.8 Å². The van der Waals surface area contributed by atoms with Crippen molar-refractivity contribution in [3.05, 3.63) is 46.6 Å². The van der Waals surface area contributed by atoms with Gasteiger partial charge in [0.2, 0.25) is 5.91 Å². The molecule has 1 aromatic heterocycles. The van der Waals surface area contributed by atoms with E-state index < -0.39 is 0 Å². The molecule has 0 bridgehead atoms. The molecule has 1 aliphatic heterocycles. The third-order valence-electron chi connectivity index (χ3n) is 6.07. The molecule has 1 saturated heterocycles. The fraction of sp³-hybridized carbons (Fsp3) is 0.429. The summed E-state index contributed by atoms with van der Waals surface area (Å²) in [6.07, 6.45) is 6.86. The predicted molar refractivity (Wildman–Crippen MR) is 104 cm³/mol. The highest BCUT2D eigenvalue weighted by molar-refractivity contribution is 5.74. The molecule has 1 aliphatic carbocycles. The van der Waals surface area contributed by atoms with E-state index in [2.05, 4.69) is 24.1 Å². The number of aromatic nitrogens is 2. The van der Waals surface area contributed by atoms with Crippen LogP contribution >= 0.6 is 0 Å². The minimum absolute atomic E-state index is 0.0784. The van der Waals surface area contributed by atoms with Crippen LogP contribution in [0.2, 0.25) is 0 Å². The number of imidazole rings is 1. The summed E-state index contributed by atoms with van der Waals surface area (Å²) in [6.45, 7) is 5.03. The van der Waals surface area contributed by atoms with Crippen molar-refractivity contribution in [3.63, 3.8) is 0 Å². The topological polar surface area (TPSA) is 41.4 Å². The molecule has 1 unspecified atom stereocenters. The molecule has 2 heterocycles. The Hall–Kier alpha value is -2.63. The van der Waals surface area contributed by atoms with Gasteiger partial charge in [-0.25, -0.2) is 9.37 Å². The maximum atomic E-state index is 15.0. The number of amides is 1. The van der Waals surface area contributed by atoms with Crippen LogP contribution in [0.3, 0.4) is 0 Å². The summed E-state index contributed by atoms with van der Waals surface area (Å²) in [5, 5.41) is 2.05. The highest BCUT2D eigenvalue weighted by atomic mass is 19.1. The lowest BCUT2D eigenvalue weighted by molar-refractivity contribution is -0.133. The SMILES string of the molecule is CC(=O)N1CC(c2ccc(N(C)C3(C)C=c4c(ncn4C)=CC3)c(F)c2)C1. The summed E-state index contributed by atoms with van der Waals surface area (Å²) in [5.74, 6) is 0.0845. The van der Waals surface area contributed by atoms with Crippen LogP contribution in [0.4, 0.5) is 10.1 Å². The molecule has 5 nitrogen and oxygen atoms in total. The lowest BCUT2D eigenvalue weighted by Gasteiger charge is -2.40. The number of hydrogen-bond acceptors (Lipinski definition) is 3. The zero-order valence-electron chi connectivity index (χ0n) is 16.2. The second kappa shape index (κ2) is 6.22. The number of likely N-dealkylation sites (tertiary alicyclic amines) is 1. The monoisotopic (exact) mass is 368 g/mol.